The third-order valence-corrected chi connectivity index (χ3v) is 3.78. The highest BCUT2D eigenvalue weighted by Crippen LogP contribution is 2.17. The summed E-state index contributed by atoms with van der Waals surface area (Å²) in [6.07, 6.45) is 1.37. The molecule has 0 unspecified atom stereocenters. The highest BCUT2D eigenvalue weighted by Gasteiger charge is 2.10. The molecule has 0 bridgehead atoms. The molecular formula is C20H20N4O2. The fourth-order valence-electron chi connectivity index (χ4n) is 2.49. The number of anilines is 2. The van der Waals surface area contributed by atoms with E-state index in [2.05, 4.69) is 39.7 Å². The lowest BCUT2D eigenvalue weighted by atomic mass is 10.1. The van der Waals surface area contributed by atoms with Gasteiger partial charge in [-0.05, 0) is 24.6 Å². The number of nitrogens with one attached hydrogen (secondary N) is 2. The minimum Gasteiger partial charge on any atom is -0.497 e. The van der Waals surface area contributed by atoms with Crippen molar-refractivity contribution in [3.63, 3.8) is 0 Å². The third kappa shape index (κ3) is 4.57. The SMILES string of the molecule is COc1cccc(NC(=O)c2cc(NCc3cccc(C)c3)ncn2)c1. The number of nitrogens with zero attached hydrogens (tertiary/aromatic N) is 2. The van der Waals surface area contributed by atoms with E-state index in [0.717, 1.165) is 5.56 Å². The van der Waals surface area contributed by atoms with Gasteiger partial charge < -0.3 is 15.4 Å². The van der Waals surface area contributed by atoms with Gasteiger partial charge in [0.05, 0.1) is 7.11 Å². The molecule has 0 aliphatic rings. The van der Waals surface area contributed by atoms with Crippen molar-refractivity contribution in [3.05, 3.63) is 77.7 Å². The lowest BCUT2D eigenvalue weighted by molar-refractivity contribution is 0.102. The summed E-state index contributed by atoms with van der Waals surface area (Å²) in [5.74, 6) is 0.961. The first-order valence-corrected chi connectivity index (χ1v) is 8.21. The average molecular weight is 348 g/mol. The summed E-state index contributed by atoms with van der Waals surface area (Å²) in [6.45, 7) is 2.67. The first-order valence-electron chi connectivity index (χ1n) is 8.21. The lowest BCUT2D eigenvalue weighted by Gasteiger charge is -2.09. The number of carbonyl (C=O) groups is 1. The molecule has 0 atom stereocenters. The van der Waals surface area contributed by atoms with Crippen molar-refractivity contribution < 1.29 is 9.53 Å². The van der Waals surface area contributed by atoms with Gasteiger partial charge in [0, 0.05) is 24.4 Å². The number of hydrogen-bond donors (Lipinski definition) is 2. The molecule has 6 heteroatoms. The largest absolute Gasteiger partial charge is 0.497 e. The Morgan fingerprint density at radius 3 is 2.73 bits per heavy atom. The molecule has 0 aliphatic carbocycles. The van der Waals surface area contributed by atoms with Crippen molar-refractivity contribution in [2.24, 2.45) is 0 Å². The van der Waals surface area contributed by atoms with Crippen LogP contribution >= 0.6 is 0 Å². The van der Waals surface area contributed by atoms with E-state index in [1.807, 2.05) is 24.3 Å². The van der Waals surface area contributed by atoms with Crippen molar-refractivity contribution in [1.82, 2.24) is 9.97 Å². The Balaban J connectivity index is 1.67. The van der Waals surface area contributed by atoms with Crippen molar-refractivity contribution >= 4 is 17.4 Å². The van der Waals surface area contributed by atoms with Gasteiger partial charge >= 0.3 is 0 Å². The van der Waals surface area contributed by atoms with Crippen LogP contribution in [-0.4, -0.2) is 23.0 Å². The Labute approximate surface area is 152 Å². The maximum absolute atomic E-state index is 12.4. The summed E-state index contributed by atoms with van der Waals surface area (Å²) in [5, 5.41) is 6.02. The van der Waals surface area contributed by atoms with E-state index in [1.165, 1.54) is 11.9 Å². The smallest absolute Gasteiger partial charge is 0.274 e. The van der Waals surface area contributed by atoms with Crippen LogP contribution < -0.4 is 15.4 Å². The molecule has 0 saturated carbocycles. The van der Waals surface area contributed by atoms with Crippen molar-refractivity contribution in [2.75, 3.05) is 17.7 Å². The van der Waals surface area contributed by atoms with Crippen LogP contribution in [0.1, 0.15) is 21.6 Å². The van der Waals surface area contributed by atoms with E-state index in [0.29, 0.717) is 23.8 Å². The number of benzene rings is 2. The van der Waals surface area contributed by atoms with E-state index in [9.17, 15) is 4.79 Å². The summed E-state index contributed by atoms with van der Waals surface area (Å²) >= 11 is 0. The number of hydrogen-bond acceptors (Lipinski definition) is 5. The Kier molecular flexibility index (Phi) is 5.43. The minimum atomic E-state index is -0.306. The third-order valence-electron chi connectivity index (χ3n) is 3.78. The van der Waals surface area contributed by atoms with Gasteiger partial charge in [-0.3, -0.25) is 4.79 Å². The average Bonchev–Trinajstić information content (AvgIpc) is 2.67. The Bertz CT molecular complexity index is 912. The van der Waals surface area contributed by atoms with E-state index in [-0.39, 0.29) is 11.6 Å². The van der Waals surface area contributed by atoms with Crippen molar-refractivity contribution in [1.29, 1.82) is 0 Å². The summed E-state index contributed by atoms with van der Waals surface area (Å²) in [4.78, 5) is 20.6. The molecule has 3 rings (SSSR count). The number of methoxy groups -OCH3 is 1. The molecule has 0 aliphatic heterocycles. The van der Waals surface area contributed by atoms with Gasteiger partial charge in [-0.25, -0.2) is 9.97 Å². The molecular weight excluding hydrogens is 328 g/mol. The second-order valence-corrected chi connectivity index (χ2v) is 5.82. The summed E-state index contributed by atoms with van der Waals surface area (Å²) in [6, 6.07) is 17.0. The fraction of sp³-hybridized carbons (Fsp3) is 0.150. The number of aryl methyl sites for hydroxylation is 1. The van der Waals surface area contributed by atoms with E-state index in [4.69, 9.17) is 4.74 Å². The Morgan fingerprint density at radius 1 is 1.08 bits per heavy atom. The minimum absolute atomic E-state index is 0.287. The van der Waals surface area contributed by atoms with Gasteiger partial charge in [-0.1, -0.05) is 35.9 Å². The van der Waals surface area contributed by atoms with E-state index in [1.54, 1.807) is 25.3 Å². The molecule has 1 heterocycles. The van der Waals surface area contributed by atoms with Gasteiger partial charge in [0.1, 0.15) is 23.6 Å². The second kappa shape index (κ2) is 8.11. The van der Waals surface area contributed by atoms with Gasteiger partial charge in [0.2, 0.25) is 0 Å². The number of amides is 1. The quantitative estimate of drug-likeness (QED) is 0.711. The lowest BCUT2D eigenvalue weighted by Crippen LogP contribution is -2.14. The van der Waals surface area contributed by atoms with Gasteiger partial charge in [0.15, 0.2) is 0 Å². The van der Waals surface area contributed by atoms with Crippen LogP contribution in [0.4, 0.5) is 11.5 Å². The van der Waals surface area contributed by atoms with Crippen LogP contribution in [-0.2, 0) is 6.54 Å². The predicted molar refractivity (Wildman–Crippen MR) is 101 cm³/mol. The number of carbonyl (C=O) groups excluding carboxylic acids is 1. The van der Waals surface area contributed by atoms with E-state index >= 15 is 0 Å². The highest BCUT2D eigenvalue weighted by molar-refractivity contribution is 6.03. The number of ether oxygens (including phenoxy) is 1. The summed E-state index contributed by atoms with van der Waals surface area (Å²) in [5.41, 5.74) is 3.27. The van der Waals surface area contributed by atoms with Crippen LogP contribution in [0.2, 0.25) is 0 Å². The van der Waals surface area contributed by atoms with Crippen LogP contribution in [0.5, 0.6) is 5.75 Å². The summed E-state index contributed by atoms with van der Waals surface area (Å²) < 4.78 is 5.16. The molecule has 0 saturated heterocycles. The molecule has 6 nitrogen and oxygen atoms in total. The normalized spacial score (nSPS) is 10.2. The maximum Gasteiger partial charge on any atom is 0.274 e. The maximum atomic E-state index is 12.4. The summed E-state index contributed by atoms with van der Waals surface area (Å²) in [7, 11) is 1.58. The zero-order valence-electron chi connectivity index (χ0n) is 14.7. The monoisotopic (exact) mass is 348 g/mol. The molecule has 1 aromatic heterocycles. The Hall–Kier alpha value is -3.41. The highest BCUT2D eigenvalue weighted by atomic mass is 16.5. The molecule has 0 radical (unpaired) electrons. The topological polar surface area (TPSA) is 76.1 Å². The molecule has 26 heavy (non-hydrogen) atoms. The van der Waals surface area contributed by atoms with E-state index < -0.39 is 0 Å². The first kappa shape index (κ1) is 17.4. The molecule has 0 spiro atoms. The fourth-order valence-corrected chi connectivity index (χ4v) is 2.49. The zero-order valence-corrected chi connectivity index (χ0v) is 14.7. The molecule has 2 N–H and O–H groups in total. The van der Waals surface area contributed by atoms with Crippen LogP contribution in [0.25, 0.3) is 0 Å². The first-order chi connectivity index (χ1) is 12.6. The predicted octanol–water partition coefficient (Wildman–Crippen LogP) is 3.66. The second-order valence-electron chi connectivity index (χ2n) is 5.82. The standard InChI is InChI=1S/C20H20N4O2/c1-14-5-3-6-15(9-14)12-21-19-11-18(22-13-23-19)20(25)24-16-7-4-8-17(10-16)26-2/h3-11,13H,12H2,1-2H3,(H,24,25)(H,21,22,23). The zero-order chi connectivity index (χ0) is 18.4. The van der Waals surface area contributed by atoms with Gasteiger partial charge in [0.25, 0.3) is 5.91 Å². The molecule has 1 amide bonds. The van der Waals surface area contributed by atoms with Gasteiger partial charge in [-0.2, -0.15) is 0 Å². The number of rotatable bonds is 6. The Morgan fingerprint density at radius 2 is 1.92 bits per heavy atom. The molecule has 0 fully saturated rings. The van der Waals surface area contributed by atoms with Crippen LogP contribution in [0, 0.1) is 6.92 Å². The van der Waals surface area contributed by atoms with Crippen molar-refractivity contribution in [2.45, 2.75) is 13.5 Å². The van der Waals surface area contributed by atoms with Crippen LogP contribution in [0.3, 0.4) is 0 Å². The molecule has 3 aromatic rings. The molecule has 132 valence electrons. The molecule has 2 aromatic carbocycles. The van der Waals surface area contributed by atoms with Crippen LogP contribution in [0.15, 0.2) is 60.9 Å². The number of aromatic nitrogens is 2. The van der Waals surface area contributed by atoms with Crippen molar-refractivity contribution in [3.8, 4) is 5.75 Å². The van der Waals surface area contributed by atoms with Gasteiger partial charge in [-0.15, -0.1) is 0 Å².